The Hall–Kier alpha value is -2.97. The van der Waals surface area contributed by atoms with Crippen molar-refractivity contribution in [1.29, 1.82) is 0 Å². The molecule has 1 saturated heterocycles. The van der Waals surface area contributed by atoms with Gasteiger partial charge in [-0.15, -0.1) is 0 Å². The number of hydrazone groups is 1. The number of carbonyl (C=O) groups is 1. The lowest BCUT2D eigenvalue weighted by Gasteiger charge is -2.29. The Morgan fingerprint density at radius 1 is 1.26 bits per heavy atom. The van der Waals surface area contributed by atoms with E-state index >= 15 is 0 Å². The van der Waals surface area contributed by atoms with Crippen LogP contribution < -0.4 is 10.3 Å². The Balaban J connectivity index is 1.80. The SMILES string of the molecule is O=C(N/N=C/c1cc([N+](=O)[O-])ccc1N1CCOCC1)c1cccc(Cl)c1. The smallest absolute Gasteiger partial charge is 0.271 e. The minimum absolute atomic E-state index is 0.0466. The number of nitrogens with zero attached hydrogens (tertiary/aromatic N) is 3. The Kier molecular flexibility index (Phi) is 6.00. The molecule has 0 bridgehead atoms. The van der Waals surface area contributed by atoms with Crippen molar-refractivity contribution in [3.8, 4) is 0 Å². The van der Waals surface area contributed by atoms with Crippen LogP contribution in [0.4, 0.5) is 11.4 Å². The molecule has 2 aromatic rings. The van der Waals surface area contributed by atoms with Gasteiger partial charge in [0.2, 0.25) is 0 Å². The molecule has 0 spiro atoms. The molecular formula is C18H17ClN4O4. The number of nitro benzene ring substituents is 1. The number of benzene rings is 2. The summed E-state index contributed by atoms with van der Waals surface area (Å²) >= 11 is 5.87. The van der Waals surface area contributed by atoms with Crippen molar-refractivity contribution in [3.05, 3.63) is 68.7 Å². The molecule has 140 valence electrons. The van der Waals surface area contributed by atoms with Crippen LogP contribution in [0.1, 0.15) is 15.9 Å². The molecule has 9 heteroatoms. The van der Waals surface area contributed by atoms with Gasteiger partial charge in [-0.05, 0) is 24.3 Å². The van der Waals surface area contributed by atoms with E-state index in [4.69, 9.17) is 16.3 Å². The monoisotopic (exact) mass is 388 g/mol. The van der Waals surface area contributed by atoms with Crippen molar-refractivity contribution in [2.24, 2.45) is 5.10 Å². The highest BCUT2D eigenvalue weighted by molar-refractivity contribution is 6.30. The lowest BCUT2D eigenvalue weighted by Crippen LogP contribution is -2.36. The lowest BCUT2D eigenvalue weighted by atomic mass is 10.1. The molecule has 0 atom stereocenters. The Morgan fingerprint density at radius 3 is 2.74 bits per heavy atom. The molecule has 0 aliphatic carbocycles. The number of nitro groups is 1. The van der Waals surface area contributed by atoms with Gasteiger partial charge in [-0.1, -0.05) is 17.7 Å². The maximum absolute atomic E-state index is 12.1. The number of rotatable bonds is 5. The number of hydrogen-bond acceptors (Lipinski definition) is 6. The summed E-state index contributed by atoms with van der Waals surface area (Å²) in [6.45, 7) is 2.51. The largest absolute Gasteiger partial charge is 0.378 e. The van der Waals surface area contributed by atoms with Gasteiger partial charge < -0.3 is 9.64 Å². The number of carbonyl (C=O) groups excluding carboxylic acids is 1. The van der Waals surface area contributed by atoms with Crippen LogP contribution in [-0.4, -0.2) is 43.3 Å². The molecule has 1 aliphatic rings. The van der Waals surface area contributed by atoms with Crippen LogP contribution in [-0.2, 0) is 4.74 Å². The maximum Gasteiger partial charge on any atom is 0.271 e. The second kappa shape index (κ2) is 8.61. The fraction of sp³-hybridized carbons (Fsp3) is 0.222. The minimum Gasteiger partial charge on any atom is -0.378 e. The molecule has 3 rings (SSSR count). The number of ether oxygens (including phenoxy) is 1. The zero-order chi connectivity index (χ0) is 19.2. The molecule has 0 radical (unpaired) electrons. The highest BCUT2D eigenvalue weighted by Gasteiger charge is 2.17. The molecule has 8 nitrogen and oxygen atoms in total. The number of hydrogen-bond donors (Lipinski definition) is 1. The molecule has 1 N–H and O–H groups in total. The number of anilines is 1. The summed E-state index contributed by atoms with van der Waals surface area (Å²) < 4.78 is 5.34. The maximum atomic E-state index is 12.1. The number of non-ortho nitro benzene ring substituents is 1. The first kappa shape index (κ1) is 18.8. The quantitative estimate of drug-likeness (QED) is 0.482. The van der Waals surface area contributed by atoms with E-state index in [9.17, 15) is 14.9 Å². The molecule has 1 aliphatic heterocycles. The number of nitrogens with one attached hydrogen (secondary N) is 1. The van der Waals surface area contributed by atoms with Gasteiger partial charge >= 0.3 is 0 Å². The van der Waals surface area contributed by atoms with Crippen LogP contribution >= 0.6 is 11.6 Å². The van der Waals surface area contributed by atoms with Gasteiger partial charge in [0.25, 0.3) is 11.6 Å². The first-order valence-electron chi connectivity index (χ1n) is 8.25. The van der Waals surface area contributed by atoms with Gasteiger partial charge in [-0.2, -0.15) is 5.10 Å². The van der Waals surface area contributed by atoms with Crippen molar-refractivity contribution < 1.29 is 14.5 Å². The van der Waals surface area contributed by atoms with Crippen molar-refractivity contribution >= 4 is 35.1 Å². The fourth-order valence-corrected chi connectivity index (χ4v) is 2.90. The third kappa shape index (κ3) is 4.81. The van der Waals surface area contributed by atoms with E-state index in [0.717, 1.165) is 5.69 Å². The van der Waals surface area contributed by atoms with Gasteiger partial charge in [0.15, 0.2) is 0 Å². The van der Waals surface area contributed by atoms with Crippen molar-refractivity contribution in [1.82, 2.24) is 5.43 Å². The molecular weight excluding hydrogens is 372 g/mol. The first-order chi connectivity index (χ1) is 13.0. The average molecular weight is 389 g/mol. The number of halogens is 1. The minimum atomic E-state index is -0.467. The van der Waals surface area contributed by atoms with E-state index in [1.54, 1.807) is 24.3 Å². The van der Waals surface area contributed by atoms with Crippen LogP contribution in [0.5, 0.6) is 0 Å². The fourth-order valence-electron chi connectivity index (χ4n) is 2.71. The van der Waals surface area contributed by atoms with Crippen LogP contribution in [0, 0.1) is 10.1 Å². The normalized spacial score (nSPS) is 14.3. The van der Waals surface area contributed by atoms with E-state index in [2.05, 4.69) is 15.4 Å². The summed E-state index contributed by atoms with van der Waals surface area (Å²) in [6, 6.07) is 11.0. The van der Waals surface area contributed by atoms with Crippen LogP contribution in [0.25, 0.3) is 0 Å². The molecule has 27 heavy (non-hydrogen) atoms. The van der Waals surface area contributed by atoms with Gasteiger partial charge in [0.05, 0.1) is 24.4 Å². The van der Waals surface area contributed by atoms with Gasteiger partial charge in [-0.25, -0.2) is 5.43 Å². The third-order valence-electron chi connectivity index (χ3n) is 4.03. The Bertz CT molecular complexity index is 881. The molecule has 2 aromatic carbocycles. The number of morpholine rings is 1. The summed E-state index contributed by atoms with van der Waals surface area (Å²) in [5.41, 5.74) is 4.07. The van der Waals surface area contributed by atoms with E-state index in [0.29, 0.717) is 42.5 Å². The lowest BCUT2D eigenvalue weighted by molar-refractivity contribution is -0.384. The predicted octanol–water partition coefficient (Wildman–Crippen LogP) is 2.85. The summed E-state index contributed by atoms with van der Waals surface area (Å²) in [6.07, 6.45) is 1.40. The second-order valence-corrected chi connectivity index (χ2v) is 6.25. The summed E-state index contributed by atoms with van der Waals surface area (Å²) in [7, 11) is 0. The topological polar surface area (TPSA) is 97.1 Å². The first-order valence-corrected chi connectivity index (χ1v) is 8.62. The summed E-state index contributed by atoms with van der Waals surface area (Å²) in [5.74, 6) is -0.424. The van der Waals surface area contributed by atoms with E-state index < -0.39 is 10.8 Å². The van der Waals surface area contributed by atoms with Crippen LogP contribution in [0.15, 0.2) is 47.6 Å². The summed E-state index contributed by atoms with van der Waals surface area (Å²) in [5, 5.41) is 15.5. The van der Waals surface area contributed by atoms with Crippen LogP contribution in [0.3, 0.4) is 0 Å². The van der Waals surface area contributed by atoms with Crippen molar-refractivity contribution in [3.63, 3.8) is 0 Å². The van der Waals surface area contributed by atoms with Gasteiger partial charge in [0.1, 0.15) is 0 Å². The molecule has 0 unspecified atom stereocenters. The van der Waals surface area contributed by atoms with E-state index in [1.807, 2.05) is 0 Å². The Labute approximate surface area is 160 Å². The Morgan fingerprint density at radius 2 is 2.04 bits per heavy atom. The standard InChI is InChI=1S/C18H17ClN4O4/c19-15-3-1-2-13(10-15)18(24)21-20-12-14-11-16(23(25)26)4-5-17(14)22-6-8-27-9-7-22/h1-5,10-12H,6-9H2,(H,21,24)/b20-12+. The average Bonchev–Trinajstić information content (AvgIpc) is 2.68. The van der Waals surface area contributed by atoms with E-state index in [1.165, 1.54) is 24.4 Å². The highest BCUT2D eigenvalue weighted by Crippen LogP contribution is 2.25. The zero-order valence-electron chi connectivity index (χ0n) is 14.3. The van der Waals surface area contributed by atoms with Gasteiger partial charge in [-0.3, -0.25) is 14.9 Å². The molecule has 0 aromatic heterocycles. The zero-order valence-corrected chi connectivity index (χ0v) is 15.1. The predicted molar refractivity (Wildman–Crippen MR) is 103 cm³/mol. The highest BCUT2D eigenvalue weighted by atomic mass is 35.5. The third-order valence-corrected chi connectivity index (χ3v) is 4.27. The van der Waals surface area contributed by atoms with Crippen molar-refractivity contribution in [2.75, 3.05) is 31.2 Å². The van der Waals surface area contributed by atoms with Crippen molar-refractivity contribution in [2.45, 2.75) is 0 Å². The summed E-state index contributed by atoms with van der Waals surface area (Å²) in [4.78, 5) is 24.8. The number of amides is 1. The molecule has 1 heterocycles. The second-order valence-electron chi connectivity index (χ2n) is 5.81. The van der Waals surface area contributed by atoms with Crippen LogP contribution in [0.2, 0.25) is 5.02 Å². The molecule has 1 fully saturated rings. The van der Waals surface area contributed by atoms with E-state index in [-0.39, 0.29) is 5.69 Å². The molecule has 0 saturated carbocycles. The molecule has 1 amide bonds. The van der Waals surface area contributed by atoms with Gasteiger partial charge in [0, 0.05) is 47.1 Å².